The fourth-order valence-corrected chi connectivity index (χ4v) is 10.6. The molecule has 12 nitrogen and oxygen atoms in total. The monoisotopic (exact) mass is 978 g/mol. The number of fused-ring (bicyclic) bond motifs is 2. The molecule has 1 N–H and O–H groups in total. The fraction of sp³-hybridized carbons (Fsp3) is 0.448. The number of halogens is 1. The summed E-state index contributed by atoms with van der Waals surface area (Å²) in [6, 6.07) is 34.3. The Bertz CT molecular complexity index is 2860. The molecule has 0 radical (unpaired) electrons. The number of anilines is 2. The number of nitrogens with one attached hydrogen (secondary N) is 1. The van der Waals surface area contributed by atoms with E-state index < -0.39 is 5.43 Å². The molecule has 13 heteroatoms. The summed E-state index contributed by atoms with van der Waals surface area (Å²) in [5, 5.41) is 25.4. The van der Waals surface area contributed by atoms with E-state index >= 15 is 0 Å². The van der Waals surface area contributed by atoms with Crippen LogP contribution >= 0.6 is 11.6 Å². The van der Waals surface area contributed by atoms with Gasteiger partial charge in [-0.25, -0.2) is 9.59 Å². The van der Waals surface area contributed by atoms with Gasteiger partial charge in [0, 0.05) is 71.1 Å². The highest BCUT2D eigenvalue weighted by atomic mass is 35.5. The van der Waals surface area contributed by atoms with Crippen molar-refractivity contribution in [3.63, 3.8) is 0 Å². The molecule has 0 saturated heterocycles. The van der Waals surface area contributed by atoms with Crippen molar-refractivity contribution in [3.05, 3.63) is 96.1 Å². The number of rotatable bonds is 14. The molecule has 0 spiro atoms. The van der Waals surface area contributed by atoms with Gasteiger partial charge in [-0.2, -0.15) is 10.5 Å². The molecule has 0 bridgehead atoms. The van der Waals surface area contributed by atoms with E-state index in [4.69, 9.17) is 30.5 Å². The quantitative estimate of drug-likeness (QED) is 0.105. The summed E-state index contributed by atoms with van der Waals surface area (Å²) in [4.78, 5) is 24.6. The van der Waals surface area contributed by atoms with E-state index in [1.807, 2.05) is 69.3 Å². The molecule has 4 aromatic carbocycles. The summed E-state index contributed by atoms with van der Waals surface area (Å²) in [6.45, 7) is 10.7. The van der Waals surface area contributed by atoms with Crippen LogP contribution in [0.5, 0.6) is 11.5 Å². The van der Waals surface area contributed by atoms with Crippen molar-refractivity contribution in [3.8, 4) is 46.2 Å². The summed E-state index contributed by atoms with van der Waals surface area (Å²) < 4.78 is 26.7. The van der Waals surface area contributed by atoms with Crippen molar-refractivity contribution < 1.29 is 28.5 Å². The number of hydrogen-bond donors (Lipinski definition) is 1. The maximum atomic E-state index is 12.8. The topological polar surface area (TPSA) is 144 Å². The molecule has 372 valence electrons. The standard InChI is InChI=1S/C29H33N3O3.C23H25N3O.C6H9ClO2/c1-3-31(29(33)35-23-10-5-6-11-23)21-14-12-20(13-15-21)28-26(19-30)25-17-16-24(34-4-2)18-27(25)32(28)22-8-7-9-22;1-3-25-17-10-8-16(9-11-17)23-21(15-24)20-13-12-19(27-4-2)14-22(20)26(23)18-6-5-7-18;7-6(8)9-5-3-1-2-4-5/h12-18,22-23H,3-11H2,1-2H3;8-14,18,25H,3-7H2,1-2H3;5H,1-4H2. The van der Waals surface area contributed by atoms with Gasteiger partial charge in [0.1, 0.15) is 35.8 Å². The highest BCUT2D eigenvalue weighted by Gasteiger charge is 2.30. The van der Waals surface area contributed by atoms with E-state index in [1.165, 1.54) is 12.8 Å². The van der Waals surface area contributed by atoms with Crippen LogP contribution in [0.25, 0.3) is 44.3 Å². The van der Waals surface area contributed by atoms with Gasteiger partial charge < -0.3 is 33.4 Å². The second-order valence-electron chi connectivity index (χ2n) is 18.8. The minimum Gasteiger partial charge on any atom is -0.494 e. The predicted molar refractivity (Wildman–Crippen MR) is 283 cm³/mol. The lowest BCUT2D eigenvalue weighted by Crippen LogP contribution is -2.33. The van der Waals surface area contributed by atoms with Crippen molar-refractivity contribution in [1.29, 1.82) is 10.5 Å². The Labute approximate surface area is 423 Å². The first-order valence-electron chi connectivity index (χ1n) is 25.9. The molecule has 4 aliphatic carbocycles. The number of aromatic nitrogens is 2. The zero-order valence-corrected chi connectivity index (χ0v) is 42.4. The molecule has 0 aliphatic heterocycles. The first kappa shape index (κ1) is 50.7. The maximum Gasteiger partial charge on any atom is 0.414 e. The van der Waals surface area contributed by atoms with Crippen molar-refractivity contribution >= 4 is 56.3 Å². The van der Waals surface area contributed by atoms with Gasteiger partial charge in [-0.05, 0) is 177 Å². The average Bonchev–Trinajstić information content (AvgIpc) is 4.17. The number of amides is 1. The predicted octanol–water partition coefficient (Wildman–Crippen LogP) is 15.2. The van der Waals surface area contributed by atoms with E-state index in [1.54, 1.807) is 4.90 Å². The Morgan fingerprint density at radius 1 is 0.620 bits per heavy atom. The van der Waals surface area contributed by atoms with Crippen LogP contribution in [0.1, 0.15) is 141 Å². The second kappa shape index (κ2) is 24.0. The van der Waals surface area contributed by atoms with Crippen molar-refractivity contribution in [2.75, 3.05) is 36.5 Å². The first-order valence-corrected chi connectivity index (χ1v) is 26.3. The Morgan fingerprint density at radius 2 is 1.07 bits per heavy atom. The third-order valence-electron chi connectivity index (χ3n) is 14.3. The third kappa shape index (κ3) is 11.5. The van der Waals surface area contributed by atoms with Gasteiger partial charge in [-0.15, -0.1) is 0 Å². The Balaban J connectivity index is 0.000000166. The molecule has 4 aliphatic rings. The molecule has 1 amide bonds. The zero-order chi connectivity index (χ0) is 49.9. The van der Waals surface area contributed by atoms with Crippen LogP contribution in [-0.4, -0.2) is 59.2 Å². The summed E-state index contributed by atoms with van der Waals surface area (Å²) in [5.41, 5.74) is 8.90. The average molecular weight is 980 g/mol. The van der Waals surface area contributed by atoms with E-state index in [0.717, 1.165) is 156 Å². The Kier molecular flexibility index (Phi) is 17.1. The van der Waals surface area contributed by atoms with Crippen LogP contribution in [0.4, 0.5) is 21.0 Å². The number of carbonyl (C=O) groups is 2. The highest BCUT2D eigenvalue weighted by Crippen LogP contribution is 2.45. The van der Waals surface area contributed by atoms with Gasteiger partial charge in [0.2, 0.25) is 0 Å². The van der Waals surface area contributed by atoms with Gasteiger partial charge in [0.05, 0.1) is 46.8 Å². The summed E-state index contributed by atoms with van der Waals surface area (Å²) in [7, 11) is 0. The first-order chi connectivity index (χ1) is 34.7. The fourth-order valence-electron chi connectivity index (χ4n) is 10.5. The van der Waals surface area contributed by atoms with Crippen LogP contribution in [0.2, 0.25) is 0 Å². The van der Waals surface area contributed by atoms with E-state index in [0.29, 0.717) is 37.4 Å². The molecular weight excluding hydrogens is 912 g/mol. The van der Waals surface area contributed by atoms with Crippen LogP contribution in [-0.2, 0) is 9.47 Å². The SMILES string of the molecule is CCNc1ccc(-c2c(C#N)c3ccc(OCC)cc3n2C2CCC2)cc1.CCOc1ccc2c(C#N)c(-c3ccc(N(CC)C(=O)OC4CCCC4)cc3)n(C3CCC3)c2c1.O=C(Cl)OC1CCCC1. The summed E-state index contributed by atoms with van der Waals surface area (Å²) >= 11 is 5.00. The van der Waals surface area contributed by atoms with E-state index in [2.05, 4.69) is 69.9 Å². The van der Waals surface area contributed by atoms with Gasteiger partial charge >= 0.3 is 11.5 Å². The number of nitrogens with zero attached hydrogens (tertiary/aromatic N) is 5. The van der Waals surface area contributed by atoms with Crippen LogP contribution in [0.15, 0.2) is 84.9 Å². The highest BCUT2D eigenvalue weighted by molar-refractivity contribution is 6.61. The zero-order valence-electron chi connectivity index (χ0n) is 41.7. The maximum absolute atomic E-state index is 12.8. The molecule has 10 rings (SSSR count). The molecule has 0 atom stereocenters. The lowest BCUT2D eigenvalue weighted by Gasteiger charge is -2.30. The van der Waals surface area contributed by atoms with Crippen molar-refractivity contribution in [2.24, 2.45) is 0 Å². The summed E-state index contributed by atoms with van der Waals surface area (Å²) in [5.74, 6) is 1.69. The molecule has 2 heterocycles. The Hall–Kier alpha value is -6.63. The second-order valence-corrected chi connectivity index (χ2v) is 19.1. The number of carbonyl (C=O) groups excluding carboxylic acids is 2. The van der Waals surface area contributed by atoms with Gasteiger partial charge in [0.25, 0.3) is 0 Å². The number of ether oxygens (including phenoxy) is 4. The lowest BCUT2D eigenvalue weighted by atomic mass is 9.92. The minimum atomic E-state index is -0.665. The number of benzene rings is 4. The van der Waals surface area contributed by atoms with Gasteiger partial charge in [-0.3, -0.25) is 4.90 Å². The summed E-state index contributed by atoms with van der Waals surface area (Å²) in [6.07, 6.45) is 15.3. The van der Waals surface area contributed by atoms with Crippen LogP contribution in [0, 0.1) is 22.7 Å². The van der Waals surface area contributed by atoms with Crippen molar-refractivity contribution in [2.45, 2.75) is 142 Å². The number of hydrogen-bond acceptors (Lipinski definition) is 9. The molecular formula is C58H67ClN6O6. The molecule has 6 aromatic rings. The molecule has 71 heavy (non-hydrogen) atoms. The molecule has 4 fully saturated rings. The smallest absolute Gasteiger partial charge is 0.414 e. The molecule has 2 aromatic heterocycles. The molecule has 4 saturated carbocycles. The lowest BCUT2D eigenvalue weighted by molar-refractivity contribution is 0.108. The Morgan fingerprint density at radius 3 is 1.45 bits per heavy atom. The third-order valence-corrected chi connectivity index (χ3v) is 14.4. The largest absolute Gasteiger partial charge is 0.494 e. The minimum absolute atomic E-state index is 0.0359. The van der Waals surface area contributed by atoms with Gasteiger partial charge in [0.15, 0.2) is 0 Å². The van der Waals surface area contributed by atoms with E-state index in [-0.39, 0.29) is 18.3 Å². The van der Waals surface area contributed by atoms with Gasteiger partial charge in [-0.1, -0.05) is 24.3 Å². The van der Waals surface area contributed by atoms with Crippen molar-refractivity contribution in [1.82, 2.24) is 9.13 Å². The van der Waals surface area contributed by atoms with Crippen LogP contribution in [0.3, 0.4) is 0 Å². The molecule has 0 unspecified atom stereocenters. The normalized spacial score (nSPS) is 15.8. The van der Waals surface area contributed by atoms with E-state index in [9.17, 15) is 20.1 Å². The van der Waals surface area contributed by atoms with Crippen LogP contribution < -0.4 is 19.7 Å². The number of nitriles is 2.